The summed E-state index contributed by atoms with van der Waals surface area (Å²) < 4.78 is 5.67. The first-order valence-electron chi connectivity index (χ1n) is 10.4. The molecule has 3 aromatic carbocycles. The van der Waals surface area contributed by atoms with E-state index >= 15 is 0 Å². The fourth-order valence-corrected chi connectivity index (χ4v) is 4.49. The van der Waals surface area contributed by atoms with Crippen LogP contribution in [0.1, 0.15) is 24.0 Å². The molecule has 29 heavy (non-hydrogen) atoms. The zero-order chi connectivity index (χ0) is 19.5. The van der Waals surface area contributed by atoms with Gasteiger partial charge in [0.1, 0.15) is 5.84 Å². The minimum Gasteiger partial charge on any atom is -0.381 e. The molecule has 1 saturated heterocycles. The molecule has 3 nitrogen and oxygen atoms in total. The maximum atomic E-state index is 5.67. The number of rotatable bonds is 3. The first-order chi connectivity index (χ1) is 14.3. The molecule has 0 bridgehead atoms. The smallest absolute Gasteiger partial charge is 0.108 e. The third-order valence-electron chi connectivity index (χ3n) is 6.23. The van der Waals surface area contributed by atoms with Crippen LogP contribution in [0.15, 0.2) is 83.9 Å². The van der Waals surface area contributed by atoms with Crippen LogP contribution in [0.3, 0.4) is 0 Å². The van der Waals surface area contributed by atoms with E-state index in [1.165, 1.54) is 27.9 Å². The Kier molecular flexibility index (Phi) is 4.91. The fourth-order valence-electron chi connectivity index (χ4n) is 4.49. The summed E-state index contributed by atoms with van der Waals surface area (Å²) in [5.41, 5.74) is 6.39. The van der Waals surface area contributed by atoms with Crippen molar-refractivity contribution in [1.82, 2.24) is 0 Å². The highest BCUT2D eigenvalue weighted by Crippen LogP contribution is 2.41. The number of aliphatic imine (C=N–C) groups is 1. The predicted octanol–water partition coefficient (Wildman–Crippen LogP) is 5.72. The van der Waals surface area contributed by atoms with E-state index in [9.17, 15) is 0 Å². The zero-order valence-electron chi connectivity index (χ0n) is 16.6. The summed E-state index contributed by atoms with van der Waals surface area (Å²) in [5, 5.41) is 3.66. The first-order valence-corrected chi connectivity index (χ1v) is 10.4. The minimum atomic E-state index is 0.0799. The normalized spacial score (nSPS) is 19.0. The van der Waals surface area contributed by atoms with Gasteiger partial charge >= 0.3 is 0 Å². The van der Waals surface area contributed by atoms with Gasteiger partial charge in [0.2, 0.25) is 0 Å². The number of amidine groups is 1. The standard InChI is InChI=1S/C26H26N2O/c1-2-6-21(7-3-1)22-12-10-20(11-13-22)19-27-25-26(14-16-29-17-15-26)18-23-8-4-5-9-24(23)28-25/h1-13H,14-19H2,(H,27,28). The van der Waals surface area contributed by atoms with Gasteiger partial charge in [0.05, 0.1) is 6.54 Å². The molecule has 0 atom stereocenters. The van der Waals surface area contributed by atoms with E-state index in [1.807, 2.05) is 0 Å². The average molecular weight is 383 g/mol. The quantitative estimate of drug-likeness (QED) is 0.629. The topological polar surface area (TPSA) is 33.6 Å². The Hall–Kier alpha value is -2.91. The van der Waals surface area contributed by atoms with Gasteiger partial charge in [-0.25, -0.2) is 0 Å². The van der Waals surface area contributed by atoms with Gasteiger partial charge in [-0.3, -0.25) is 4.99 Å². The molecule has 146 valence electrons. The third kappa shape index (κ3) is 3.70. The fraction of sp³-hybridized carbons (Fsp3) is 0.269. The average Bonchev–Trinajstić information content (AvgIpc) is 2.79. The Morgan fingerprint density at radius 3 is 2.28 bits per heavy atom. The Labute approximate surface area is 172 Å². The van der Waals surface area contributed by atoms with Gasteiger partial charge in [0.25, 0.3) is 0 Å². The van der Waals surface area contributed by atoms with Crippen LogP contribution >= 0.6 is 0 Å². The second-order valence-corrected chi connectivity index (χ2v) is 8.08. The molecule has 1 fully saturated rings. The van der Waals surface area contributed by atoms with Crippen molar-refractivity contribution in [3.8, 4) is 11.1 Å². The molecular weight excluding hydrogens is 356 g/mol. The van der Waals surface area contributed by atoms with E-state index in [1.54, 1.807) is 0 Å². The molecule has 0 aliphatic carbocycles. The number of nitrogens with one attached hydrogen (secondary N) is 1. The van der Waals surface area contributed by atoms with Crippen LogP contribution in [0, 0.1) is 5.41 Å². The molecule has 1 N–H and O–H groups in total. The van der Waals surface area contributed by atoms with E-state index in [0.29, 0.717) is 6.54 Å². The molecule has 3 heteroatoms. The molecule has 0 unspecified atom stereocenters. The number of fused-ring (bicyclic) bond motifs is 1. The first kappa shape index (κ1) is 18.1. The van der Waals surface area contributed by atoms with Crippen molar-refractivity contribution >= 4 is 11.5 Å². The SMILES string of the molecule is c1ccc(-c2ccc(CN=C3Nc4ccccc4CC34CCOCC4)cc2)cc1. The molecule has 0 radical (unpaired) electrons. The Morgan fingerprint density at radius 1 is 0.793 bits per heavy atom. The lowest BCUT2D eigenvalue weighted by Crippen LogP contribution is -2.45. The Balaban J connectivity index is 1.40. The minimum absolute atomic E-state index is 0.0799. The molecular formula is C26H26N2O. The van der Waals surface area contributed by atoms with Gasteiger partial charge in [0.15, 0.2) is 0 Å². The Morgan fingerprint density at radius 2 is 1.48 bits per heavy atom. The van der Waals surface area contributed by atoms with Gasteiger partial charge in [-0.15, -0.1) is 0 Å². The van der Waals surface area contributed by atoms with Gasteiger partial charge < -0.3 is 10.1 Å². The maximum absolute atomic E-state index is 5.67. The van der Waals surface area contributed by atoms with E-state index in [2.05, 4.69) is 84.2 Å². The van der Waals surface area contributed by atoms with Gasteiger partial charge in [-0.1, -0.05) is 72.8 Å². The molecule has 2 heterocycles. The number of anilines is 1. The second-order valence-electron chi connectivity index (χ2n) is 8.08. The molecule has 2 aliphatic rings. The number of hydrogen-bond donors (Lipinski definition) is 1. The second kappa shape index (κ2) is 7.84. The van der Waals surface area contributed by atoms with Crippen molar-refractivity contribution in [1.29, 1.82) is 0 Å². The monoisotopic (exact) mass is 382 g/mol. The van der Waals surface area contributed by atoms with Gasteiger partial charge in [0, 0.05) is 24.3 Å². The molecule has 2 aliphatic heterocycles. The van der Waals surface area contributed by atoms with Crippen LogP contribution in [-0.4, -0.2) is 19.0 Å². The Bertz CT molecular complexity index is 1000. The van der Waals surface area contributed by atoms with E-state index < -0.39 is 0 Å². The van der Waals surface area contributed by atoms with Crippen LogP contribution in [0.4, 0.5) is 5.69 Å². The number of hydrogen-bond acceptors (Lipinski definition) is 2. The highest BCUT2D eigenvalue weighted by Gasteiger charge is 2.41. The van der Waals surface area contributed by atoms with E-state index in [-0.39, 0.29) is 5.41 Å². The number of nitrogens with zero attached hydrogens (tertiary/aromatic N) is 1. The van der Waals surface area contributed by atoms with Crippen LogP contribution in [0.2, 0.25) is 0 Å². The molecule has 5 rings (SSSR count). The van der Waals surface area contributed by atoms with Crippen LogP contribution in [0.5, 0.6) is 0 Å². The third-order valence-corrected chi connectivity index (χ3v) is 6.23. The molecule has 0 aromatic heterocycles. The van der Waals surface area contributed by atoms with E-state index in [4.69, 9.17) is 9.73 Å². The summed E-state index contributed by atoms with van der Waals surface area (Å²) in [6, 6.07) is 27.9. The van der Waals surface area contributed by atoms with Gasteiger partial charge in [-0.2, -0.15) is 0 Å². The summed E-state index contributed by atoms with van der Waals surface area (Å²) in [4.78, 5) is 5.08. The van der Waals surface area contributed by atoms with Crippen molar-refractivity contribution in [2.24, 2.45) is 10.4 Å². The van der Waals surface area contributed by atoms with Crippen molar-refractivity contribution in [3.63, 3.8) is 0 Å². The molecule has 1 spiro atoms. The number of para-hydroxylation sites is 1. The highest BCUT2D eigenvalue weighted by molar-refractivity contribution is 6.02. The summed E-state index contributed by atoms with van der Waals surface area (Å²) in [5.74, 6) is 1.13. The van der Waals surface area contributed by atoms with Crippen LogP contribution in [-0.2, 0) is 17.7 Å². The van der Waals surface area contributed by atoms with Crippen molar-refractivity contribution in [2.45, 2.75) is 25.8 Å². The van der Waals surface area contributed by atoms with Crippen molar-refractivity contribution < 1.29 is 4.74 Å². The number of ether oxygens (including phenoxy) is 1. The number of benzene rings is 3. The summed E-state index contributed by atoms with van der Waals surface area (Å²) >= 11 is 0. The lowest BCUT2D eigenvalue weighted by atomic mass is 9.71. The molecule has 0 amide bonds. The molecule has 3 aromatic rings. The zero-order valence-corrected chi connectivity index (χ0v) is 16.6. The van der Waals surface area contributed by atoms with Crippen molar-refractivity contribution in [2.75, 3.05) is 18.5 Å². The lowest BCUT2D eigenvalue weighted by molar-refractivity contribution is 0.0448. The highest BCUT2D eigenvalue weighted by atomic mass is 16.5. The molecule has 0 saturated carbocycles. The summed E-state index contributed by atoms with van der Waals surface area (Å²) in [6.45, 7) is 2.32. The maximum Gasteiger partial charge on any atom is 0.108 e. The van der Waals surface area contributed by atoms with Crippen LogP contribution < -0.4 is 5.32 Å². The van der Waals surface area contributed by atoms with Gasteiger partial charge in [-0.05, 0) is 47.6 Å². The largest absolute Gasteiger partial charge is 0.381 e. The van der Waals surface area contributed by atoms with Crippen molar-refractivity contribution in [3.05, 3.63) is 90.0 Å². The summed E-state index contributed by atoms with van der Waals surface area (Å²) in [7, 11) is 0. The lowest BCUT2D eigenvalue weighted by Gasteiger charge is -2.42. The predicted molar refractivity (Wildman–Crippen MR) is 119 cm³/mol. The van der Waals surface area contributed by atoms with E-state index in [0.717, 1.165) is 38.3 Å². The van der Waals surface area contributed by atoms with Crippen LogP contribution in [0.25, 0.3) is 11.1 Å². The summed E-state index contributed by atoms with van der Waals surface area (Å²) in [6.07, 6.45) is 3.10.